The topological polar surface area (TPSA) is 49.6 Å². The number of hydrogen-bond donors (Lipinski definition) is 1. The van der Waals surface area contributed by atoms with Crippen LogP contribution in [0.1, 0.15) is 19.3 Å². The first-order valence-electron chi connectivity index (χ1n) is 6.76. The van der Waals surface area contributed by atoms with Crippen molar-refractivity contribution < 1.29 is 9.18 Å². The SMILES string of the molecule is Cl.NC12CC(N3CCN(c4ccc(Cl)cc4F)C3=O)(C1)C2. The van der Waals surface area contributed by atoms with E-state index in [1.54, 1.807) is 12.1 Å². The third-order valence-corrected chi connectivity index (χ3v) is 5.06. The van der Waals surface area contributed by atoms with Crippen LogP contribution in [0.4, 0.5) is 14.9 Å². The lowest BCUT2D eigenvalue weighted by atomic mass is 9.44. The molecule has 0 atom stereocenters. The van der Waals surface area contributed by atoms with Crippen LogP contribution in [0.25, 0.3) is 0 Å². The summed E-state index contributed by atoms with van der Waals surface area (Å²) in [6.45, 7) is 1.15. The summed E-state index contributed by atoms with van der Waals surface area (Å²) < 4.78 is 13.9. The van der Waals surface area contributed by atoms with Gasteiger partial charge in [-0.05, 0) is 37.5 Å². The maximum atomic E-state index is 13.9. The second-order valence-electron chi connectivity index (χ2n) is 6.30. The molecule has 1 aromatic rings. The molecule has 0 aromatic heterocycles. The standard InChI is InChI=1S/C14H15ClFN3O.ClH/c15-9-1-2-11(10(16)5-9)18-3-4-19(12(18)20)14-6-13(17,7-14)8-14;/h1-2,5H,3-4,6-8,17H2;1H. The molecule has 1 aromatic carbocycles. The molecule has 2 N–H and O–H groups in total. The quantitative estimate of drug-likeness (QED) is 0.905. The maximum Gasteiger partial charge on any atom is 0.325 e. The Morgan fingerprint density at radius 3 is 2.48 bits per heavy atom. The minimum atomic E-state index is -0.458. The van der Waals surface area contributed by atoms with Gasteiger partial charge in [0.1, 0.15) is 5.82 Å². The van der Waals surface area contributed by atoms with E-state index in [9.17, 15) is 9.18 Å². The fourth-order valence-electron chi connectivity index (χ4n) is 4.00. The zero-order valence-corrected chi connectivity index (χ0v) is 12.9. The van der Waals surface area contributed by atoms with E-state index < -0.39 is 5.82 Å². The molecule has 4 nitrogen and oxygen atoms in total. The third kappa shape index (κ3) is 1.94. The minimum Gasteiger partial charge on any atom is -0.325 e. The molecular formula is C14H16Cl2FN3O. The summed E-state index contributed by atoms with van der Waals surface area (Å²) in [5, 5.41) is 0.333. The van der Waals surface area contributed by atoms with Crippen molar-refractivity contribution in [3.63, 3.8) is 0 Å². The molecule has 3 saturated carbocycles. The van der Waals surface area contributed by atoms with Gasteiger partial charge in [-0.1, -0.05) is 11.6 Å². The van der Waals surface area contributed by atoms with Crippen molar-refractivity contribution in [3.8, 4) is 0 Å². The van der Waals surface area contributed by atoms with Crippen molar-refractivity contribution >= 4 is 35.7 Å². The van der Waals surface area contributed by atoms with Gasteiger partial charge in [0.25, 0.3) is 0 Å². The number of anilines is 1. The van der Waals surface area contributed by atoms with Gasteiger partial charge in [-0.3, -0.25) is 4.90 Å². The van der Waals surface area contributed by atoms with Gasteiger partial charge < -0.3 is 10.6 Å². The van der Waals surface area contributed by atoms with Crippen molar-refractivity contribution in [2.45, 2.75) is 30.3 Å². The van der Waals surface area contributed by atoms with Gasteiger partial charge in [-0.2, -0.15) is 0 Å². The van der Waals surface area contributed by atoms with Gasteiger partial charge in [0.15, 0.2) is 0 Å². The molecule has 0 unspecified atom stereocenters. The van der Waals surface area contributed by atoms with Crippen LogP contribution in [0.15, 0.2) is 18.2 Å². The van der Waals surface area contributed by atoms with Crippen molar-refractivity contribution in [1.82, 2.24) is 4.90 Å². The van der Waals surface area contributed by atoms with Crippen LogP contribution in [-0.4, -0.2) is 35.1 Å². The van der Waals surface area contributed by atoms with E-state index in [1.165, 1.54) is 11.0 Å². The first-order chi connectivity index (χ1) is 9.42. The fraction of sp³-hybridized carbons (Fsp3) is 0.500. The molecule has 4 aliphatic rings. The highest BCUT2D eigenvalue weighted by Crippen LogP contribution is 2.62. The third-order valence-electron chi connectivity index (χ3n) is 4.83. The molecule has 1 heterocycles. The molecule has 0 spiro atoms. The van der Waals surface area contributed by atoms with Crippen molar-refractivity contribution in [2.24, 2.45) is 5.73 Å². The monoisotopic (exact) mass is 331 g/mol. The summed E-state index contributed by atoms with van der Waals surface area (Å²) in [4.78, 5) is 15.9. The van der Waals surface area contributed by atoms with Gasteiger partial charge in [0.05, 0.1) is 5.69 Å². The van der Waals surface area contributed by atoms with Gasteiger partial charge in [-0.25, -0.2) is 9.18 Å². The highest BCUT2D eigenvalue weighted by Gasteiger charge is 2.70. The van der Waals surface area contributed by atoms with Crippen LogP contribution in [0.2, 0.25) is 5.02 Å². The highest BCUT2D eigenvalue weighted by molar-refractivity contribution is 6.30. The molecule has 1 saturated heterocycles. The largest absolute Gasteiger partial charge is 0.325 e. The number of amides is 2. The molecule has 5 rings (SSSR count). The van der Waals surface area contributed by atoms with E-state index in [-0.39, 0.29) is 29.5 Å². The molecule has 7 heteroatoms. The molecule has 4 fully saturated rings. The predicted molar refractivity (Wildman–Crippen MR) is 81.6 cm³/mol. The normalized spacial score (nSPS) is 33.4. The van der Waals surface area contributed by atoms with Crippen LogP contribution in [0, 0.1) is 5.82 Å². The van der Waals surface area contributed by atoms with Crippen LogP contribution in [-0.2, 0) is 0 Å². The molecule has 1 aliphatic heterocycles. The summed E-state index contributed by atoms with van der Waals surface area (Å²) in [6, 6.07) is 4.29. The van der Waals surface area contributed by atoms with Gasteiger partial charge in [0, 0.05) is 29.2 Å². The van der Waals surface area contributed by atoms with E-state index in [2.05, 4.69) is 0 Å². The smallest absolute Gasteiger partial charge is 0.325 e. The number of urea groups is 1. The lowest BCUT2D eigenvalue weighted by molar-refractivity contribution is -0.134. The number of carbonyl (C=O) groups excluding carboxylic acids is 1. The van der Waals surface area contributed by atoms with Crippen LogP contribution >= 0.6 is 24.0 Å². The summed E-state index contributed by atoms with van der Waals surface area (Å²) in [7, 11) is 0. The summed E-state index contributed by atoms with van der Waals surface area (Å²) >= 11 is 5.75. The Kier molecular flexibility index (Phi) is 3.17. The predicted octanol–water partition coefficient (Wildman–Crippen LogP) is 2.78. The molecule has 21 heavy (non-hydrogen) atoms. The average molecular weight is 332 g/mol. The number of halogens is 3. The Hall–Kier alpha value is -1.04. The Morgan fingerprint density at radius 1 is 1.24 bits per heavy atom. The first kappa shape index (κ1) is 14.9. The van der Waals surface area contributed by atoms with Crippen LogP contribution in [0.3, 0.4) is 0 Å². The summed E-state index contributed by atoms with van der Waals surface area (Å²) in [5.74, 6) is -0.458. The fourth-order valence-corrected chi connectivity index (χ4v) is 4.16. The minimum absolute atomic E-state index is 0. The van der Waals surface area contributed by atoms with Gasteiger partial charge in [0.2, 0.25) is 0 Å². The second-order valence-corrected chi connectivity index (χ2v) is 6.74. The molecule has 0 radical (unpaired) electrons. The summed E-state index contributed by atoms with van der Waals surface area (Å²) in [6.07, 6.45) is 2.63. The number of carbonyl (C=O) groups is 1. The molecule has 114 valence electrons. The zero-order chi connectivity index (χ0) is 14.1. The lowest BCUT2D eigenvalue weighted by Crippen LogP contribution is -2.82. The van der Waals surface area contributed by atoms with E-state index >= 15 is 0 Å². The second kappa shape index (κ2) is 4.48. The maximum absolute atomic E-state index is 13.9. The lowest BCUT2D eigenvalue weighted by Gasteiger charge is -2.71. The number of nitrogens with two attached hydrogens (primary N) is 1. The Bertz CT molecular complexity index is 604. The van der Waals surface area contributed by atoms with Crippen LogP contribution in [0.5, 0.6) is 0 Å². The van der Waals surface area contributed by atoms with Crippen molar-refractivity contribution in [3.05, 3.63) is 29.0 Å². The van der Waals surface area contributed by atoms with Crippen molar-refractivity contribution in [2.75, 3.05) is 18.0 Å². The number of hydrogen-bond acceptors (Lipinski definition) is 2. The number of benzene rings is 1. The molecule has 3 aliphatic carbocycles. The van der Waals surface area contributed by atoms with Gasteiger partial charge >= 0.3 is 6.03 Å². The van der Waals surface area contributed by atoms with E-state index in [1.807, 2.05) is 4.90 Å². The Balaban J connectivity index is 0.00000132. The molecule has 2 bridgehead atoms. The summed E-state index contributed by atoms with van der Waals surface area (Å²) in [5.41, 5.74) is 6.25. The van der Waals surface area contributed by atoms with Crippen LogP contribution < -0.4 is 10.6 Å². The zero-order valence-electron chi connectivity index (χ0n) is 11.3. The number of rotatable bonds is 2. The molecular weight excluding hydrogens is 316 g/mol. The van der Waals surface area contributed by atoms with Crippen molar-refractivity contribution in [1.29, 1.82) is 0 Å². The Morgan fingerprint density at radius 2 is 1.90 bits per heavy atom. The van der Waals surface area contributed by atoms with E-state index in [4.69, 9.17) is 17.3 Å². The number of nitrogens with zero attached hydrogens (tertiary/aromatic N) is 2. The first-order valence-corrected chi connectivity index (χ1v) is 7.13. The van der Waals surface area contributed by atoms with E-state index in [0.717, 1.165) is 19.3 Å². The average Bonchev–Trinajstić information content (AvgIpc) is 2.66. The molecule has 2 amide bonds. The van der Waals surface area contributed by atoms with E-state index in [0.29, 0.717) is 23.8 Å². The Labute approximate surface area is 133 Å². The highest BCUT2D eigenvalue weighted by atomic mass is 35.5. The van der Waals surface area contributed by atoms with Gasteiger partial charge in [-0.15, -0.1) is 12.4 Å².